The molecule has 1 aromatic heterocycles. The first-order chi connectivity index (χ1) is 9.97. The number of rotatable bonds is 4. The SMILES string of the molecule is O=C(CCNc1ccc(C(F)(F)F)nn1)N1CCCCC1. The van der Waals surface area contributed by atoms with Crippen LogP contribution in [0.1, 0.15) is 31.4 Å². The second-order valence-electron chi connectivity index (χ2n) is 4.92. The number of aromatic nitrogens is 2. The summed E-state index contributed by atoms with van der Waals surface area (Å²) < 4.78 is 36.9. The van der Waals surface area contributed by atoms with E-state index >= 15 is 0 Å². The maximum atomic E-state index is 12.3. The molecule has 0 aromatic carbocycles. The van der Waals surface area contributed by atoms with Crippen LogP contribution in [0.2, 0.25) is 0 Å². The highest BCUT2D eigenvalue weighted by Crippen LogP contribution is 2.27. The molecule has 5 nitrogen and oxygen atoms in total. The van der Waals surface area contributed by atoms with Gasteiger partial charge in [-0.05, 0) is 31.4 Å². The molecule has 2 heterocycles. The number of carbonyl (C=O) groups is 1. The second-order valence-corrected chi connectivity index (χ2v) is 4.92. The normalized spacial score (nSPS) is 15.9. The van der Waals surface area contributed by atoms with E-state index in [1.807, 2.05) is 4.90 Å². The third-order valence-corrected chi connectivity index (χ3v) is 3.31. The monoisotopic (exact) mass is 302 g/mol. The fourth-order valence-electron chi connectivity index (χ4n) is 2.18. The average Bonchev–Trinajstić information content (AvgIpc) is 2.47. The second kappa shape index (κ2) is 6.73. The average molecular weight is 302 g/mol. The molecule has 2 rings (SSSR count). The Morgan fingerprint density at radius 1 is 1.19 bits per heavy atom. The number of nitrogens with one attached hydrogen (secondary N) is 1. The van der Waals surface area contributed by atoms with Crippen molar-refractivity contribution in [1.82, 2.24) is 15.1 Å². The summed E-state index contributed by atoms with van der Waals surface area (Å²) in [5.41, 5.74) is -1.03. The van der Waals surface area contributed by atoms with E-state index in [2.05, 4.69) is 15.5 Å². The van der Waals surface area contributed by atoms with E-state index in [1.54, 1.807) is 0 Å². The number of hydrogen-bond donors (Lipinski definition) is 1. The zero-order valence-corrected chi connectivity index (χ0v) is 11.5. The van der Waals surface area contributed by atoms with Crippen molar-refractivity contribution in [3.8, 4) is 0 Å². The van der Waals surface area contributed by atoms with E-state index in [-0.39, 0.29) is 11.7 Å². The highest BCUT2D eigenvalue weighted by Gasteiger charge is 2.32. The maximum absolute atomic E-state index is 12.3. The van der Waals surface area contributed by atoms with Gasteiger partial charge in [0.05, 0.1) is 0 Å². The molecule has 0 bridgehead atoms. The van der Waals surface area contributed by atoms with Gasteiger partial charge in [-0.1, -0.05) is 0 Å². The summed E-state index contributed by atoms with van der Waals surface area (Å²) >= 11 is 0. The van der Waals surface area contributed by atoms with Crippen molar-refractivity contribution >= 4 is 11.7 Å². The van der Waals surface area contributed by atoms with E-state index in [0.717, 1.165) is 38.4 Å². The summed E-state index contributed by atoms with van der Waals surface area (Å²) in [6.07, 6.45) is -0.977. The molecule has 0 saturated carbocycles. The largest absolute Gasteiger partial charge is 0.435 e. The first-order valence-corrected chi connectivity index (χ1v) is 6.89. The molecule has 8 heteroatoms. The van der Waals surface area contributed by atoms with Gasteiger partial charge in [0.15, 0.2) is 5.69 Å². The molecule has 1 aromatic rings. The van der Waals surface area contributed by atoms with Gasteiger partial charge < -0.3 is 10.2 Å². The lowest BCUT2D eigenvalue weighted by Gasteiger charge is -2.26. The maximum Gasteiger partial charge on any atom is 0.435 e. The number of nitrogens with zero attached hydrogens (tertiary/aromatic N) is 3. The number of hydrogen-bond acceptors (Lipinski definition) is 4. The standard InChI is InChI=1S/C13H17F3N4O/c14-13(15,16)10-4-5-11(19-18-10)17-7-6-12(21)20-8-2-1-3-9-20/h4-5H,1-3,6-9H2,(H,17,19). The molecule has 1 N–H and O–H groups in total. The zero-order valence-electron chi connectivity index (χ0n) is 11.5. The van der Waals surface area contributed by atoms with E-state index < -0.39 is 11.9 Å². The summed E-state index contributed by atoms with van der Waals surface area (Å²) in [6, 6.07) is 2.07. The Bertz CT molecular complexity index is 469. The smallest absolute Gasteiger partial charge is 0.368 e. The fourth-order valence-corrected chi connectivity index (χ4v) is 2.18. The summed E-state index contributed by atoms with van der Waals surface area (Å²) in [4.78, 5) is 13.7. The van der Waals surface area contributed by atoms with Crippen molar-refractivity contribution in [3.63, 3.8) is 0 Å². The van der Waals surface area contributed by atoms with Crippen molar-refractivity contribution in [2.45, 2.75) is 31.9 Å². The molecule has 0 atom stereocenters. The first-order valence-electron chi connectivity index (χ1n) is 6.89. The van der Waals surface area contributed by atoms with Crippen LogP contribution >= 0.6 is 0 Å². The van der Waals surface area contributed by atoms with Crippen LogP contribution in [0.5, 0.6) is 0 Å². The summed E-state index contributed by atoms with van der Waals surface area (Å²) in [5.74, 6) is 0.288. The molecule has 0 unspecified atom stereocenters. The van der Waals surface area contributed by atoms with Gasteiger partial charge in [-0.2, -0.15) is 13.2 Å². The van der Waals surface area contributed by atoms with Crippen molar-refractivity contribution in [1.29, 1.82) is 0 Å². The predicted octanol–water partition coefficient (Wildman–Crippen LogP) is 2.31. The number of likely N-dealkylation sites (tertiary alicyclic amines) is 1. The number of alkyl halides is 3. The molecule has 0 radical (unpaired) electrons. The number of amides is 1. The van der Waals surface area contributed by atoms with Gasteiger partial charge in [-0.15, -0.1) is 10.2 Å². The molecular weight excluding hydrogens is 285 g/mol. The Hall–Kier alpha value is -1.86. The summed E-state index contributed by atoms with van der Waals surface area (Å²) in [6.45, 7) is 1.91. The lowest BCUT2D eigenvalue weighted by Crippen LogP contribution is -2.36. The minimum atomic E-state index is -4.49. The Balaban J connectivity index is 1.76. The molecule has 0 aliphatic carbocycles. The van der Waals surface area contributed by atoms with Gasteiger partial charge >= 0.3 is 6.18 Å². The van der Waals surface area contributed by atoms with Crippen LogP contribution in [0.3, 0.4) is 0 Å². The highest BCUT2D eigenvalue weighted by atomic mass is 19.4. The number of halogens is 3. The molecule has 1 amide bonds. The Morgan fingerprint density at radius 3 is 2.48 bits per heavy atom. The number of anilines is 1. The summed E-state index contributed by atoms with van der Waals surface area (Å²) in [5, 5.41) is 9.36. The van der Waals surface area contributed by atoms with Crippen LogP contribution in [-0.4, -0.2) is 40.6 Å². The number of carbonyl (C=O) groups excluding carboxylic acids is 1. The van der Waals surface area contributed by atoms with Crippen LogP contribution in [0.4, 0.5) is 19.0 Å². The van der Waals surface area contributed by atoms with Gasteiger partial charge in [-0.25, -0.2) is 0 Å². The predicted molar refractivity (Wildman–Crippen MR) is 70.6 cm³/mol. The van der Waals surface area contributed by atoms with Crippen molar-refractivity contribution in [2.75, 3.05) is 25.0 Å². The van der Waals surface area contributed by atoms with E-state index in [9.17, 15) is 18.0 Å². The first kappa shape index (κ1) is 15.5. The molecule has 1 aliphatic heterocycles. The lowest BCUT2D eigenvalue weighted by molar-refractivity contribution is -0.141. The van der Waals surface area contributed by atoms with Gasteiger partial charge in [0, 0.05) is 26.1 Å². The molecule has 1 aliphatic rings. The summed E-state index contributed by atoms with van der Waals surface area (Å²) in [7, 11) is 0. The van der Waals surface area contributed by atoms with Crippen molar-refractivity contribution in [3.05, 3.63) is 17.8 Å². The zero-order chi connectivity index (χ0) is 15.3. The van der Waals surface area contributed by atoms with E-state index in [0.29, 0.717) is 13.0 Å². The molecule has 0 spiro atoms. The minimum Gasteiger partial charge on any atom is -0.368 e. The van der Waals surface area contributed by atoms with Gasteiger partial charge in [0.1, 0.15) is 5.82 Å². The fraction of sp³-hybridized carbons (Fsp3) is 0.615. The van der Waals surface area contributed by atoms with Gasteiger partial charge in [0.25, 0.3) is 0 Å². The molecular formula is C13H17F3N4O. The molecule has 21 heavy (non-hydrogen) atoms. The minimum absolute atomic E-state index is 0.0575. The van der Waals surface area contributed by atoms with Crippen molar-refractivity contribution in [2.24, 2.45) is 0 Å². The molecule has 116 valence electrons. The van der Waals surface area contributed by atoms with Gasteiger partial charge in [-0.3, -0.25) is 4.79 Å². The van der Waals surface area contributed by atoms with E-state index in [1.165, 1.54) is 6.07 Å². The third kappa shape index (κ3) is 4.57. The molecule has 1 fully saturated rings. The highest BCUT2D eigenvalue weighted by molar-refractivity contribution is 5.76. The molecule has 1 saturated heterocycles. The van der Waals surface area contributed by atoms with Crippen LogP contribution in [0, 0.1) is 0 Å². The van der Waals surface area contributed by atoms with E-state index in [4.69, 9.17) is 0 Å². The van der Waals surface area contributed by atoms with Crippen LogP contribution < -0.4 is 5.32 Å². The Kier molecular flexibility index (Phi) is 4.98. The third-order valence-electron chi connectivity index (χ3n) is 3.31. The van der Waals surface area contributed by atoms with Crippen LogP contribution in [0.25, 0.3) is 0 Å². The quantitative estimate of drug-likeness (QED) is 0.927. The van der Waals surface area contributed by atoms with Crippen LogP contribution in [0.15, 0.2) is 12.1 Å². The van der Waals surface area contributed by atoms with Crippen LogP contribution in [-0.2, 0) is 11.0 Å². The Morgan fingerprint density at radius 2 is 1.90 bits per heavy atom. The lowest BCUT2D eigenvalue weighted by atomic mass is 10.1. The van der Waals surface area contributed by atoms with Crippen molar-refractivity contribution < 1.29 is 18.0 Å². The van der Waals surface area contributed by atoms with Gasteiger partial charge in [0.2, 0.25) is 5.91 Å². The Labute approximate surface area is 120 Å². The number of piperidine rings is 1. The topological polar surface area (TPSA) is 58.1 Å².